The molecule has 5 heteroatoms. The average molecular weight is 830 g/mol. The fourth-order valence-electron chi connectivity index (χ4n) is 9.64. The summed E-state index contributed by atoms with van der Waals surface area (Å²) in [7, 11) is 0. The third-order valence-corrected chi connectivity index (χ3v) is 13.8. The predicted molar refractivity (Wildman–Crippen MR) is 267 cm³/mol. The van der Waals surface area contributed by atoms with E-state index in [0.717, 1.165) is 67.4 Å². The Bertz CT molecular complexity index is 3250. The van der Waals surface area contributed by atoms with E-state index in [-0.39, 0.29) is 0 Å². The van der Waals surface area contributed by atoms with Crippen molar-refractivity contribution in [3.8, 4) is 73.5 Å². The normalized spacial score (nSPS) is 11.5. The van der Waals surface area contributed by atoms with Crippen molar-refractivity contribution >= 4 is 21.8 Å². The molecule has 0 amide bonds. The van der Waals surface area contributed by atoms with Crippen LogP contribution in [0, 0.1) is 62.3 Å². The maximum Gasteiger partial charge on any atom is 0.162 e. The van der Waals surface area contributed by atoms with Crippen LogP contribution in [0.4, 0.5) is 0 Å². The molecule has 0 bridgehead atoms. The molecular weight excluding hydrogens is 779 g/mol. The van der Waals surface area contributed by atoms with Crippen LogP contribution in [0.3, 0.4) is 0 Å². The van der Waals surface area contributed by atoms with Crippen LogP contribution in [0.15, 0.2) is 146 Å². The zero-order valence-corrected chi connectivity index (χ0v) is 38.1. The standard InChI is InChI=1S/C59H51N5/c1-34-30-47(52-33-49(43-22-14-10-15-23-43)60-58(61-52)46-28-20-13-21-29-46)31-48(59-62-50(44-24-16-11-17-25-44)32-51(63-59)45-26-18-12-19-27-45)55(34)64-56-41(8)37(4)35(2)39(6)53(56)54-40(7)36(3)38(5)42(9)57(54)64/h10-33H,1-9H3. The van der Waals surface area contributed by atoms with E-state index in [4.69, 9.17) is 19.9 Å². The van der Waals surface area contributed by atoms with Gasteiger partial charge in [-0.3, -0.25) is 0 Å². The van der Waals surface area contributed by atoms with Crippen LogP contribution in [-0.2, 0) is 0 Å². The Hall–Kier alpha value is -7.50. The third kappa shape index (κ3) is 6.71. The highest BCUT2D eigenvalue weighted by atomic mass is 15.0. The van der Waals surface area contributed by atoms with E-state index in [9.17, 15) is 0 Å². The van der Waals surface area contributed by atoms with E-state index in [1.165, 1.54) is 66.3 Å². The lowest BCUT2D eigenvalue weighted by Crippen LogP contribution is -2.07. The van der Waals surface area contributed by atoms with Gasteiger partial charge in [-0.2, -0.15) is 0 Å². The second-order valence-electron chi connectivity index (χ2n) is 17.4. The second kappa shape index (κ2) is 16.0. The van der Waals surface area contributed by atoms with Gasteiger partial charge in [-0.15, -0.1) is 0 Å². The molecule has 0 saturated carbocycles. The number of benzene rings is 7. The van der Waals surface area contributed by atoms with Crippen molar-refractivity contribution in [2.75, 3.05) is 0 Å². The molecule has 0 saturated heterocycles. The van der Waals surface area contributed by atoms with Crippen LogP contribution >= 0.6 is 0 Å². The molecule has 0 spiro atoms. The maximum atomic E-state index is 5.52. The van der Waals surface area contributed by atoms with E-state index < -0.39 is 0 Å². The highest BCUT2D eigenvalue weighted by Crippen LogP contribution is 2.46. The molecule has 312 valence electrons. The molecule has 5 nitrogen and oxygen atoms in total. The van der Waals surface area contributed by atoms with E-state index in [1.807, 2.05) is 36.4 Å². The molecule has 0 unspecified atom stereocenters. The van der Waals surface area contributed by atoms with E-state index in [0.29, 0.717) is 11.6 Å². The number of aromatic nitrogens is 5. The lowest BCUT2D eigenvalue weighted by atomic mass is 9.90. The Kier molecular flexibility index (Phi) is 10.1. The zero-order chi connectivity index (χ0) is 44.4. The van der Waals surface area contributed by atoms with E-state index >= 15 is 0 Å². The van der Waals surface area contributed by atoms with Gasteiger partial charge in [-0.1, -0.05) is 121 Å². The monoisotopic (exact) mass is 829 g/mol. The number of nitrogens with zero attached hydrogens (tertiary/aromatic N) is 5. The predicted octanol–water partition coefficient (Wildman–Crippen LogP) is 15.1. The number of rotatable bonds is 7. The summed E-state index contributed by atoms with van der Waals surface area (Å²) in [6.45, 7) is 20.5. The summed E-state index contributed by atoms with van der Waals surface area (Å²) in [5, 5.41) is 2.63. The fraction of sp³-hybridized carbons (Fsp3) is 0.153. The molecule has 0 aliphatic heterocycles. The van der Waals surface area contributed by atoms with Crippen LogP contribution in [0.25, 0.3) is 95.3 Å². The first kappa shape index (κ1) is 40.6. The summed E-state index contributed by atoms with van der Waals surface area (Å²) in [6.07, 6.45) is 0. The summed E-state index contributed by atoms with van der Waals surface area (Å²) in [5.41, 5.74) is 24.4. The number of hydrogen-bond donors (Lipinski definition) is 0. The molecule has 0 aliphatic rings. The quantitative estimate of drug-likeness (QED) is 0.161. The largest absolute Gasteiger partial charge is 0.308 e. The molecule has 0 N–H and O–H groups in total. The number of hydrogen-bond acceptors (Lipinski definition) is 4. The molecule has 3 heterocycles. The van der Waals surface area contributed by atoms with Gasteiger partial charge in [0.15, 0.2) is 11.6 Å². The average Bonchev–Trinajstić information content (AvgIpc) is 3.70. The van der Waals surface area contributed by atoms with Crippen LogP contribution in [0.2, 0.25) is 0 Å². The Balaban J connectivity index is 1.37. The topological polar surface area (TPSA) is 56.5 Å². The molecule has 0 radical (unpaired) electrons. The third-order valence-electron chi connectivity index (χ3n) is 13.8. The molecule has 0 aliphatic carbocycles. The Morgan fingerprint density at radius 3 is 1.06 bits per heavy atom. The first-order chi connectivity index (χ1) is 31.0. The lowest BCUT2D eigenvalue weighted by molar-refractivity contribution is 1.09. The summed E-state index contributed by atoms with van der Waals surface area (Å²) < 4.78 is 2.56. The summed E-state index contributed by atoms with van der Waals surface area (Å²) in [5.74, 6) is 1.32. The van der Waals surface area contributed by atoms with Gasteiger partial charge in [0.25, 0.3) is 0 Å². The summed E-state index contributed by atoms with van der Waals surface area (Å²) in [4.78, 5) is 21.5. The highest BCUT2D eigenvalue weighted by molar-refractivity contribution is 6.16. The number of aryl methyl sites for hydroxylation is 5. The van der Waals surface area contributed by atoms with Crippen LogP contribution in [0.1, 0.15) is 50.1 Å². The molecule has 10 aromatic rings. The van der Waals surface area contributed by atoms with Gasteiger partial charge < -0.3 is 4.57 Å². The lowest BCUT2D eigenvalue weighted by Gasteiger charge is -2.22. The minimum atomic E-state index is 0.646. The van der Waals surface area contributed by atoms with Crippen LogP contribution in [-0.4, -0.2) is 24.5 Å². The fourth-order valence-corrected chi connectivity index (χ4v) is 9.64. The van der Waals surface area contributed by atoms with Crippen molar-refractivity contribution in [2.45, 2.75) is 62.3 Å². The summed E-state index contributed by atoms with van der Waals surface area (Å²) in [6, 6.07) is 50.3. The molecule has 0 atom stereocenters. The molecule has 7 aromatic carbocycles. The maximum absolute atomic E-state index is 5.52. The second-order valence-corrected chi connectivity index (χ2v) is 17.4. The first-order valence-corrected chi connectivity index (χ1v) is 22.2. The first-order valence-electron chi connectivity index (χ1n) is 22.2. The Labute approximate surface area is 376 Å². The van der Waals surface area contributed by atoms with Crippen molar-refractivity contribution in [1.29, 1.82) is 0 Å². The van der Waals surface area contributed by atoms with Gasteiger partial charge in [-0.25, -0.2) is 19.9 Å². The Morgan fingerprint density at radius 2 is 0.656 bits per heavy atom. The molecule has 64 heavy (non-hydrogen) atoms. The number of fused-ring (bicyclic) bond motifs is 3. The van der Waals surface area contributed by atoms with Crippen molar-refractivity contribution in [3.05, 3.63) is 196 Å². The zero-order valence-electron chi connectivity index (χ0n) is 38.1. The molecule has 3 aromatic heterocycles. The van der Waals surface area contributed by atoms with Gasteiger partial charge in [-0.05, 0) is 137 Å². The van der Waals surface area contributed by atoms with Gasteiger partial charge >= 0.3 is 0 Å². The summed E-state index contributed by atoms with van der Waals surface area (Å²) >= 11 is 0. The van der Waals surface area contributed by atoms with Crippen molar-refractivity contribution in [2.24, 2.45) is 0 Å². The van der Waals surface area contributed by atoms with E-state index in [2.05, 4.69) is 176 Å². The van der Waals surface area contributed by atoms with Crippen molar-refractivity contribution in [3.63, 3.8) is 0 Å². The minimum absolute atomic E-state index is 0.646. The van der Waals surface area contributed by atoms with Crippen LogP contribution < -0.4 is 0 Å². The highest BCUT2D eigenvalue weighted by Gasteiger charge is 2.28. The van der Waals surface area contributed by atoms with Gasteiger partial charge in [0.05, 0.1) is 39.5 Å². The van der Waals surface area contributed by atoms with Gasteiger partial charge in [0.1, 0.15) is 0 Å². The van der Waals surface area contributed by atoms with Crippen molar-refractivity contribution < 1.29 is 0 Å². The Morgan fingerprint density at radius 1 is 0.312 bits per heavy atom. The minimum Gasteiger partial charge on any atom is -0.308 e. The van der Waals surface area contributed by atoms with Gasteiger partial charge in [0, 0.05) is 44.2 Å². The SMILES string of the molecule is Cc1cc(-c2cc(-c3ccccc3)nc(-c3ccccc3)n2)cc(-c2nc(-c3ccccc3)cc(-c3ccccc3)n2)c1-n1c2c(C)c(C)c(C)c(C)c2c2c(C)c(C)c(C)c(C)c21. The van der Waals surface area contributed by atoms with Gasteiger partial charge in [0.2, 0.25) is 0 Å². The molecular formula is C59H51N5. The van der Waals surface area contributed by atoms with Crippen molar-refractivity contribution in [1.82, 2.24) is 24.5 Å². The van der Waals surface area contributed by atoms with Crippen LogP contribution in [0.5, 0.6) is 0 Å². The molecule has 0 fully saturated rings. The van der Waals surface area contributed by atoms with E-state index in [1.54, 1.807) is 0 Å². The smallest absolute Gasteiger partial charge is 0.162 e. The molecule has 10 rings (SSSR count).